The van der Waals surface area contributed by atoms with Gasteiger partial charge in [-0.3, -0.25) is 4.79 Å². The van der Waals surface area contributed by atoms with Crippen LogP contribution in [0.15, 0.2) is 63.8 Å². The van der Waals surface area contributed by atoms with Crippen LogP contribution in [-0.2, 0) is 9.59 Å². The van der Waals surface area contributed by atoms with Crippen LogP contribution in [0.1, 0.15) is 24.1 Å². The molecule has 0 fully saturated rings. The molecule has 2 atom stereocenters. The Morgan fingerprint density at radius 1 is 1.11 bits per heavy atom. The number of carboxylic acids is 1. The quantitative estimate of drug-likeness (QED) is 0.649. The zero-order chi connectivity index (χ0) is 20.3. The largest absolute Gasteiger partial charge is 0.548 e. The van der Waals surface area contributed by atoms with Gasteiger partial charge >= 0.3 is 5.63 Å². The predicted octanol–water partition coefficient (Wildman–Crippen LogP) is 1.48. The molecular weight excluding hydrogens is 362 g/mol. The van der Waals surface area contributed by atoms with Crippen LogP contribution in [0.2, 0.25) is 0 Å². The first-order chi connectivity index (χ1) is 13.3. The Morgan fingerprint density at radius 2 is 1.82 bits per heavy atom. The van der Waals surface area contributed by atoms with Crippen molar-refractivity contribution in [2.24, 2.45) is 0 Å². The van der Waals surface area contributed by atoms with Gasteiger partial charge in [-0.15, -0.1) is 0 Å². The van der Waals surface area contributed by atoms with E-state index in [9.17, 15) is 19.5 Å². The monoisotopic (exact) mass is 380 g/mol. The van der Waals surface area contributed by atoms with Gasteiger partial charge < -0.3 is 24.4 Å². The van der Waals surface area contributed by atoms with Crippen LogP contribution in [0, 0.1) is 6.92 Å². The van der Waals surface area contributed by atoms with Gasteiger partial charge in [-0.25, -0.2) is 4.79 Å². The Hall–Kier alpha value is -3.61. The second-order valence-corrected chi connectivity index (χ2v) is 6.34. The van der Waals surface area contributed by atoms with Crippen LogP contribution in [0.5, 0.6) is 5.75 Å². The lowest BCUT2D eigenvalue weighted by atomic mass is 10.1. The summed E-state index contributed by atoms with van der Waals surface area (Å²) in [6.45, 7) is 3.28. The van der Waals surface area contributed by atoms with Gasteiger partial charge in [0.25, 0.3) is 5.91 Å². The van der Waals surface area contributed by atoms with Crippen LogP contribution in [0.25, 0.3) is 11.0 Å². The molecule has 0 aliphatic rings. The van der Waals surface area contributed by atoms with Crippen LogP contribution >= 0.6 is 0 Å². The second-order valence-electron chi connectivity index (χ2n) is 6.34. The zero-order valence-corrected chi connectivity index (χ0v) is 15.3. The lowest BCUT2D eigenvalue weighted by Gasteiger charge is -2.22. The highest BCUT2D eigenvalue weighted by molar-refractivity contribution is 5.86. The molecule has 0 spiro atoms. The molecule has 1 aromatic heterocycles. The maximum atomic E-state index is 12.4. The molecule has 1 heterocycles. The minimum atomic E-state index is -1.42. The second kappa shape index (κ2) is 7.96. The molecule has 0 aliphatic carbocycles. The van der Waals surface area contributed by atoms with E-state index in [4.69, 9.17) is 9.15 Å². The van der Waals surface area contributed by atoms with Crippen molar-refractivity contribution in [2.75, 3.05) is 0 Å². The van der Waals surface area contributed by atoms with Gasteiger partial charge in [-0.2, -0.15) is 0 Å². The smallest absolute Gasteiger partial charge is 0.336 e. The molecule has 0 bridgehead atoms. The summed E-state index contributed by atoms with van der Waals surface area (Å²) < 4.78 is 10.7. The van der Waals surface area contributed by atoms with E-state index in [1.54, 1.807) is 49.4 Å². The molecule has 2 aromatic carbocycles. The molecule has 7 heteroatoms. The van der Waals surface area contributed by atoms with E-state index in [0.29, 0.717) is 16.9 Å². The van der Waals surface area contributed by atoms with Gasteiger partial charge in [0.1, 0.15) is 11.3 Å². The van der Waals surface area contributed by atoms with Crippen molar-refractivity contribution in [1.29, 1.82) is 0 Å². The van der Waals surface area contributed by atoms with E-state index in [1.807, 2.05) is 0 Å². The summed E-state index contributed by atoms with van der Waals surface area (Å²) >= 11 is 0. The van der Waals surface area contributed by atoms with Crippen LogP contribution in [-0.4, -0.2) is 18.0 Å². The summed E-state index contributed by atoms with van der Waals surface area (Å²) in [5.74, 6) is -1.73. The molecule has 0 radical (unpaired) electrons. The van der Waals surface area contributed by atoms with Gasteiger partial charge in [-0.1, -0.05) is 30.3 Å². The van der Waals surface area contributed by atoms with E-state index >= 15 is 0 Å². The molecule has 0 aliphatic heterocycles. The Balaban J connectivity index is 1.75. The first-order valence-electron chi connectivity index (χ1n) is 8.62. The Morgan fingerprint density at radius 3 is 2.50 bits per heavy atom. The third-order valence-electron chi connectivity index (χ3n) is 4.26. The van der Waals surface area contributed by atoms with E-state index in [2.05, 4.69) is 5.32 Å². The van der Waals surface area contributed by atoms with Gasteiger partial charge in [0.15, 0.2) is 6.10 Å². The zero-order valence-electron chi connectivity index (χ0n) is 15.3. The molecule has 0 unspecified atom stereocenters. The van der Waals surface area contributed by atoms with Crippen molar-refractivity contribution in [3.05, 3.63) is 76.1 Å². The number of benzene rings is 2. The number of amides is 1. The highest BCUT2D eigenvalue weighted by atomic mass is 16.5. The first-order valence-corrected chi connectivity index (χ1v) is 8.62. The number of aryl methyl sites for hydroxylation is 1. The van der Waals surface area contributed by atoms with E-state index in [1.165, 1.54) is 19.1 Å². The van der Waals surface area contributed by atoms with Crippen LogP contribution in [0.4, 0.5) is 0 Å². The number of carboxylic acid groups (broad SMARTS) is 1. The normalized spacial score (nSPS) is 12.9. The van der Waals surface area contributed by atoms with Crippen LogP contribution in [0.3, 0.4) is 0 Å². The van der Waals surface area contributed by atoms with Crippen molar-refractivity contribution < 1.29 is 23.8 Å². The highest BCUT2D eigenvalue weighted by Gasteiger charge is 2.21. The number of aliphatic carboxylic acids is 1. The average Bonchev–Trinajstić information content (AvgIpc) is 2.65. The molecule has 0 saturated carbocycles. The van der Waals surface area contributed by atoms with Crippen molar-refractivity contribution in [2.45, 2.75) is 26.0 Å². The third-order valence-corrected chi connectivity index (χ3v) is 4.26. The number of nitrogens with one attached hydrogen (secondary N) is 1. The standard InChI is InChI=1S/C21H19NO6/c1-12-10-18(23)28-17-11-15(8-9-16(12)17)27-13(2)20(24)22-19(21(25)26)14-6-4-3-5-7-14/h3-11,13,19H,1-2H3,(H,22,24)(H,25,26)/p-1/t13-,19+/m1/s1. The summed E-state index contributed by atoms with van der Waals surface area (Å²) in [5.41, 5.74) is 1.02. The summed E-state index contributed by atoms with van der Waals surface area (Å²) in [5, 5.41) is 14.6. The number of carbonyl (C=O) groups is 2. The lowest BCUT2D eigenvalue weighted by molar-refractivity contribution is -0.308. The minimum Gasteiger partial charge on any atom is -0.548 e. The lowest BCUT2D eigenvalue weighted by Crippen LogP contribution is -2.45. The van der Waals surface area contributed by atoms with Gasteiger partial charge in [0, 0.05) is 17.5 Å². The van der Waals surface area contributed by atoms with Gasteiger partial charge in [0.05, 0.1) is 12.0 Å². The predicted molar refractivity (Wildman–Crippen MR) is 99.6 cm³/mol. The molecule has 7 nitrogen and oxygen atoms in total. The maximum Gasteiger partial charge on any atom is 0.336 e. The molecule has 3 rings (SSSR count). The summed E-state index contributed by atoms with van der Waals surface area (Å²) in [6.07, 6.45) is -0.987. The van der Waals surface area contributed by atoms with Crippen LogP contribution < -0.4 is 20.8 Å². The SMILES string of the molecule is Cc1cc(=O)oc2cc(O[C@H](C)C(=O)N[C@H](C(=O)[O-])c3ccccc3)ccc12. The van der Waals surface area contributed by atoms with Crippen molar-refractivity contribution in [3.8, 4) is 5.75 Å². The molecule has 3 aromatic rings. The number of fused-ring (bicyclic) bond motifs is 1. The topological polar surface area (TPSA) is 109 Å². The van der Waals surface area contributed by atoms with E-state index in [0.717, 1.165) is 10.9 Å². The van der Waals surface area contributed by atoms with Gasteiger partial charge in [0.2, 0.25) is 0 Å². The number of hydrogen-bond acceptors (Lipinski definition) is 6. The maximum absolute atomic E-state index is 12.4. The molecule has 1 N–H and O–H groups in total. The fourth-order valence-corrected chi connectivity index (χ4v) is 2.82. The van der Waals surface area contributed by atoms with E-state index < -0.39 is 29.6 Å². The number of rotatable bonds is 6. The molecular formula is C21H18NO6-. The van der Waals surface area contributed by atoms with E-state index in [-0.39, 0.29) is 0 Å². The van der Waals surface area contributed by atoms with Crippen molar-refractivity contribution >= 4 is 22.8 Å². The Labute approximate surface area is 160 Å². The Bertz CT molecular complexity index is 1070. The summed E-state index contributed by atoms with van der Waals surface area (Å²) in [4.78, 5) is 35.4. The Kier molecular flexibility index (Phi) is 5.44. The highest BCUT2D eigenvalue weighted by Crippen LogP contribution is 2.23. The average molecular weight is 380 g/mol. The summed E-state index contributed by atoms with van der Waals surface area (Å²) in [7, 11) is 0. The third kappa shape index (κ3) is 4.20. The fraction of sp³-hybridized carbons (Fsp3) is 0.190. The van der Waals surface area contributed by atoms with Gasteiger partial charge in [-0.05, 0) is 37.1 Å². The van der Waals surface area contributed by atoms with Crippen molar-refractivity contribution in [3.63, 3.8) is 0 Å². The molecule has 144 valence electrons. The van der Waals surface area contributed by atoms with Crippen molar-refractivity contribution in [1.82, 2.24) is 5.32 Å². The summed E-state index contributed by atoms with van der Waals surface area (Å²) in [6, 6.07) is 13.2. The minimum absolute atomic E-state index is 0.314. The molecule has 28 heavy (non-hydrogen) atoms. The molecule has 1 amide bonds. The molecule has 0 saturated heterocycles. The number of carbonyl (C=O) groups excluding carboxylic acids is 2. The number of ether oxygens (including phenoxy) is 1. The number of hydrogen-bond donors (Lipinski definition) is 1. The first kappa shape index (κ1) is 19.2. The fourth-order valence-electron chi connectivity index (χ4n) is 2.82.